The van der Waals surface area contributed by atoms with Gasteiger partial charge in [-0.15, -0.1) is 0 Å². The number of carbonyl (C=O) groups excluding carboxylic acids is 1. The number of amides is 1. The molecule has 3 aliphatic heterocycles. The Balaban J connectivity index is 1.10. The van der Waals surface area contributed by atoms with Crippen LogP contribution in [0.25, 0.3) is 16.6 Å². The number of fused-ring (bicyclic) bond motifs is 3. The molecule has 8 nitrogen and oxygen atoms in total. The maximum Gasteiger partial charge on any atom is 0.274 e. The monoisotopic (exact) mass is 541 g/mol. The zero-order valence-electron chi connectivity index (χ0n) is 22.5. The van der Waals surface area contributed by atoms with Gasteiger partial charge >= 0.3 is 0 Å². The van der Waals surface area contributed by atoms with Crippen LogP contribution in [0.2, 0.25) is 0 Å². The first kappa shape index (κ1) is 24.3. The van der Waals surface area contributed by atoms with Crippen molar-refractivity contribution in [3.63, 3.8) is 0 Å². The average molecular weight is 542 g/mol. The number of rotatable bonds is 4. The van der Waals surface area contributed by atoms with Crippen molar-refractivity contribution in [2.75, 3.05) is 26.3 Å². The Hall–Kier alpha value is -3.56. The van der Waals surface area contributed by atoms with Crippen LogP contribution in [-0.4, -0.2) is 68.5 Å². The second-order valence-corrected chi connectivity index (χ2v) is 12.2. The Morgan fingerprint density at radius 1 is 1.12 bits per heavy atom. The standard InChI is InChI=1S/C31H32FN5O3/c1-18-12-24-23(34-29(38)25-14-33-28(37(24)25)20-7-10-40-11-8-20)13-22(18)30(39)35-16-27-31(17-35)9-6-26(31)36(27)15-19-2-4-21(32)5-3-19/h2-5,12-14,20,26-27H,6-11,15-17H2,1H3,(H,34,38)/t26-,27-,31?/m0/s1. The van der Waals surface area contributed by atoms with Crippen LogP contribution in [0.5, 0.6) is 0 Å². The molecule has 2 aromatic carbocycles. The normalized spacial score (nSPS) is 26.5. The second kappa shape index (κ2) is 8.72. The minimum atomic E-state index is -0.219. The molecule has 1 spiro atoms. The van der Waals surface area contributed by atoms with Gasteiger partial charge in [-0.1, -0.05) is 12.1 Å². The molecule has 1 N–H and O–H groups in total. The number of ether oxygens (including phenoxy) is 1. The first-order valence-electron chi connectivity index (χ1n) is 14.3. The summed E-state index contributed by atoms with van der Waals surface area (Å²) in [4.78, 5) is 39.2. The highest BCUT2D eigenvalue weighted by Gasteiger charge is 2.69. The van der Waals surface area contributed by atoms with Crippen molar-refractivity contribution >= 4 is 22.5 Å². The number of halogens is 1. The van der Waals surface area contributed by atoms with E-state index in [4.69, 9.17) is 4.74 Å². The Bertz CT molecular complexity index is 1720. The molecule has 0 radical (unpaired) electrons. The predicted molar refractivity (Wildman–Crippen MR) is 148 cm³/mol. The van der Waals surface area contributed by atoms with E-state index in [1.165, 1.54) is 12.1 Å². The van der Waals surface area contributed by atoms with Crippen LogP contribution < -0.4 is 5.56 Å². The van der Waals surface area contributed by atoms with Crippen LogP contribution in [-0.2, 0) is 11.3 Å². The Morgan fingerprint density at radius 3 is 2.67 bits per heavy atom. The molecular weight excluding hydrogens is 509 g/mol. The van der Waals surface area contributed by atoms with E-state index in [1.807, 2.05) is 40.5 Å². The van der Waals surface area contributed by atoms with Gasteiger partial charge in [-0.25, -0.2) is 9.37 Å². The van der Waals surface area contributed by atoms with Crippen molar-refractivity contribution in [2.24, 2.45) is 5.41 Å². The number of nitrogens with one attached hydrogen (secondary N) is 1. The van der Waals surface area contributed by atoms with Gasteiger partial charge in [0, 0.05) is 61.8 Å². The minimum absolute atomic E-state index is 0.0202. The van der Waals surface area contributed by atoms with Crippen molar-refractivity contribution in [1.29, 1.82) is 0 Å². The summed E-state index contributed by atoms with van der Waals surface area (Å²) in [6, 6.07) is 11.4. The zero-order chi connectivity index (χ0) is 27.2. The number of aromatic nitrogens is 3. The number of hydrogen-bond donors (Lipinski definition) is 1. The highest BCUT2D eigenvalue weighted by molar-refractivity contribution is 5.99. The summed E-state index contributed by atoms with van der Waals surface area (Å²) in [5.41, 5.74) is 4.65. The van der Waals surface area contributed by atoms with E-state index in [0.29, 0.717) is 48.4 Å². The van der Waals surface area contributed by atoms with Gasteiger partial charge in [-0.3, -0.25) is 18.9 Å². The van der Waals surface area contributed by atoms with Gasteiger partial charge in [-0.05, 0) is 68.0 Å². The van der Waals surface area contributed by atoms with Crippen molar-refractivity contribution in [3.05, 3.63) is 81.3 Å². The molecule has 4 fully saturated rings. The number of nitrogens with zero attached hydrogens (tertiary/aromatic N) is 4. The highest BCUT2D eigenvalue weighted by Crippen LogP contribution is 2.61. The van der Waals surface area contributed by atoms with Crippen molar-refractivity contribution in [1.82, 2.24) is 24.2 Å². The third-order valence-corrected chi connectivity index (χ3v) is 10.1. The summed E-state index contributed by atoms with van der Waals surface area (Å²) in [7, 11) is 0. The van der Waals surface area contributed by atoms with Gasteiger partial charge in [0.1, 0.15) is 17.2 Å². The lowest BCUT2D eigenvalue weighted by atomic mass is 9.53. The van der Waals surface area contributed by atoms with Crippen LogP contribution in [0.15, 0.2) is 47.4 Å². The van der Waals surface area contributed by atoms with Crippen LogP contribution in [0, 0.1) is 18.2 Å². The lowest BCUT2D eigenvalue weighted by Crippen LogP contribution is -2.75. The van der Waals surface area contributed by atoms with E-state index >= 15 is 0 Å². The van der Waals surface area contributed by atoms with Gasteiger partial charge in [0.25, 0.3) is 11.5 Å². The van der Waals surface area contributed by atoms with Crippen LogP contribution >= 0.6 is 0 Å². The average Bonchev–Trinajstić information content (AvgIpc) is 3.57. The number of aromatic amines is 1. The number of imidazole rings is 1. The summed E-state index contributed by atoms with van der Waals surface area (Å²) in [5.74, 6) is 0.922. The van der Waals surface area contributed by atoms with Crippen LogP contribution in [0.1, 0.15) is 58.9 Å². The van der Waals surface area contributed by atoms with Gasteiger partial charge in [0.15, 0.2) is 0 Å². The van der Waals surface area contributed by atoms with Crippen LogP contribution in [0.3, 0.4) is 0 Å². The summed E-state index contributed by atoms with van der Waals surface area (Å²) in [6.45, 7) is 5.61. The number of H-pyrrole nitrogens is 1. The first-order valence-corrected chi connectivity index (χ1v) is 14.3. The smallest absolute Gasteiger partial charge is 0.274 e. The molecule has 1 amide bonds. The molecule has 206 valence electrons. The first-order chi connectivity index (χ1) is 19.4. The lowest BCUT2D eigenvalue weighted by Gasteiger charge is -2.67. The van der Waals surface area contributed by atoms with E-state index < -0.39 is 0 Å². The Morgan fingerprint density at radius 2 is 1.93 bits per heavy atom. The molecule has 1 aliphatic carbocycles. The third-order valence-electron chi connectivity index (χ3n) is 10.1. The molecule has 1 saturated carbocycles. The van der Waals surface area contributed by atoms with E-state index in [2.05, 4.69) is 14.9 Å². The number of likely N-dealkylation sites (tertiary alicyclic amines) is 2. The molecule has 3 saturated heterocycles. The van der Waals surface area contributed by atoms with Gasteiger partial charge in [0.05, 0.1) is 17.2 Å². The Labute approximate surface area is 230 Å². The van der Waals surface area contributed by atoms with E-state index in [1.54, 1.807) is 6.20 Å². The highest BCUT2D eigenvalue weighted by atomic mass is 19.1. The molecule has 8 rings (SSSR count). The van der Waals surface area contributed by atoms with Gasteiger partial charge < -0.3 is 14.6 Å². The molecule has 1 unspecified atom stereocenters. The fourth-order valence-corrected chi connectivity index (χ4v) is 7.96. The van der Waals surface area contributed by atoms with Gasteiger partial charge in [-0.2, -0.15) is 0 Å². The van der Waals surface area contributed by atoms with Gasteiger partial charge in [0.2, 0.25) is 0 Å². The third kappa shape index (κ3) is 3.40. The summed E-state index contributed by atoms with van der Waals surface area (Å²) < 4.78 is 20.9. The van der Waals surface area contributed by atoms with Crippen LogP contribution in [0.4, 0.5) is 4.39 Å². The molecular formula is C31H32FN5O3. The number of benzene rings is 2. The topological polar surface area (TPSA) is 82.9 Å². The maximum atomic E-state index is 14.0. The fourth-order valence-electron chi connectivity index (χ4n) is 7.96. The van der Waals surface area contributed by atoms with Crippen molar-refractivity contribution in [2.45, 2.75) is 57.2 Å². The molecule has 9 heteroatoms. The predicted octanol–water partition coefficient (Wildman–Crippen LogP) is 4.01. The molecule has 40 heavy (non-hydrogen) atoms. The largest absolute Gasteiger partial charge is 0.381 e. The summed E-state index contributed by atoms with van der Waals surface area (Å²) >= 11 is 0. The molecule has 3 atom stereocenters. The number of aryl methyl sites for hydroxylation is 1. The molecule has 4 aromatic rings. The summed E-state index contributed by atoms with van der Waals surface area (Å²) in [5, 5.41) is 0. The molecule has 2 aromatic heterocycles. The lowest BCUT2D eigenvalue weighted by molar-refractivity contribution is -0.182. The second-order valence-electron chi connectivity index (χ2n) is 12.2. The van der Waals surface area contributed by atoms with E-state index in [9.17, 15) is 14.0 Å². The molecule has 5 heterocycles. The molecule has 0 bridgehead atoms. The SMILES string of the molecule is Cc1cc2c(cc1C(=O)N1C[C@@H]3N(Cc4ccc(F)cc4)[C@H]4CCC43C1)[nH]c(=O)c1cnc(C3CCOCC3)n12. The van der Waals surface area contributed by atoms with E-state index in [-0.39, 0.29) is 28.6 Å². The summed E-state index contributed by atoms with van der Waals surface area (Å²) in [6.07, 6.45) is 5.69. The zero-order valence-corrected chi connectivity index (χ0v) is 22.5. The number of hydrogen-bond acceptors (Lipinski definition) is 5. The van der Waals surface area contributed by atoms with E-state index in [0.717, 1.165) is 61.2 Å². The van der Waals surface area contributed by atoms with Crippen molar-refractivity contribution in [3.8, 4) is 0 Å². The minimum Gasteiger partial charge on any atom is -0.381 e. The Kier molecular flexibility index (Phi) is 5.29. The fraction of sp³-hybridized carbons (Fsp3) is 0.452. The molecule has 4 aliphatic rings. The number of carbonyl (C=O) groups is 1. The van der Waals surface area contributed by atoms with Crippen molar-refractivity contribution < 1.29 is 13.9 Å². The number of piperidine rings is 1. The quantitative estimate of drug-likeness (QED) is 0.422. The maximum absolute atomic E-state index is 14.0.